The number of aliphatic carboxylic acids is 1. The Kier molecular flexibility index (Phi) is 7.80. The fourth-order valence-electron chi connectivity index (χ4n) is 3.57. The molecule has 0 bridgehead atoms. The van der Waals surface area contributed by atoms with Gasteiger partial charge in [0.1, 0.15) is 12.7 Å². The van der Waals surface area contributed by atoms with Gasteiger partial charge in [-0.2, -0.15) is 0 Å². The highest BCUT2D eigenvalue weighted by molar-refractivity contribution is 5.80. The average molecular weight is 442 g/mol. The van der Waals surface area contributed by atoms with Crippen LogP contribution < -0.4 is 10.8 Å². The van der Waals surface area contributed by atoms with Crippen molar-refractivity contribution >= 4 is 18.0 Å². The summed E-state index contributed by atoms with van der Waals surface area (Å²) in [4.78, 5) is 39.7. The zero-order valence-corrected chi connectivity index (χ0v) is 17.9. The van der Waals surface area contributed by atoms with Gasteiger partial charge in [-0.15, -0.1) is 0 Å². The number of hydroxylamine groups is 1. The van der Waals surface area contributed by atoms with Gasteiger partial charge in [0.2, 0.25) is 0 Å². The van der Waals surface area contributed by atoms with E-state index in [1.807, 2.05) is 41.9 Å². The van der Waals surface area contributed by atoms with Crippen LogP contribution >= 0.6 is 0 Å². The van der Waals surface area contributed by atoms with Crippen molar-refractivity contribution < 1.29 is 33.8 Å². The number of rotatable bonds is 10. The summed E-state index contributed by atoms with van der Waals surface area (Å²) in [7, 11) is 1.33. The van der Waals surface area contributed by atoms with Crippen molar-refractivity contribution in [3.8, 4) is 11.1 Å². The van der Waals surface area contributed by atoms with Crippen molar-refractivity contribution in [2.45, 2.75) is 31.5 Å². The number of ether oxygens (including phenoxy) is 2. The number of benzene rings is 2. The molecule has 0 aromatic heterocycles. The van der Waals surface area contributed by atoms with Gasteiger partial charge in [-0.3, -0.25) is 9.63 Å². The van der Waals surface area contributed by atoms with Crippen LogP contribution in [0.1, 0.15) is 30.4 Å². The smallest absolute Gasteiger partial charge is 0.407 e. The Morgan fingerprint density at radius 1 is 1.03 bits per heavy atom. The van der Waals surface area contributed by atoms with Crippen LogP contribution in [0, 0.1) is 0 Å². The maximum absolute atomic E-state index is 12.2. The minimum atomic E-state index is -1.21. The Balaban J connectivity index is 1.46. The molecule has 170 valence electrons. The summed E-state index contributed by atoms with van der Waals surface area (Å²) < 4.78 is 10.5. The Labute approximate surface area is 185 Å². The molecule has 2 aromatic carbocycles. The number of carbonyl (C=O) groups excluding carboxylic acids is 2. The Hall–Kier alpha value is -3.43. The Morgan fingerprint density at radius 2 is 1.62 bits per heavy atom. The summed E-state index contributed by atoms with van der Waals surface area (Å²) in [6, 6.07) is 16.1. The largest absolute Gasteiger partial charge is 0.479 e. The van der Waals surface area contributed by atoms with Gasteiger partial charge in [-0.1, -0.05) is 48.5 Å². The fraction of sp³-hybridized carbons (Fsp3) is 0.348. The van der Waals surface area contributed by atoms with Gasteiger partial charge >= 0.3 is 12.1 Å². The third kappa shape index (κ3) is 5.43. The van der Waals surface area contributed by atoms with E-state index in [-0.39, 0.29) is 25.5 Å². The van der Waals surface area contributed by atoms with Crippen LogP contribution in [0.15, 0.2) is 48.5 Å². The zero-order valence-electron chi connectivity index (χ0n) is 17.9. The highest BCUT2D eigenvalue weighted by Crippen LogP contribution is 2.44. The summed E-state index contributed by atoms with van der Waals surface area (Å²) in [5, 5.41) is 11.4. The van der Waals surface area contributed by atoms with Crippen LogP contribution in [-0.4, -0.2) is 55.5 Å². The van der Waals surface area contributed by atoms with Crippen molar-refractivity contribution in [2.24, 2.45) is 0 Å². The van der Waals surface area contributed by atoms with Crippen LogP contribution in [0.4, 0.5) is 4.79 Å². The Morgan fingerprint density at radius 3 is 2.19 bits per heavy atom. The first-order chi connectivity index (χ1) is 15.4. The van der Waals surface area contributed by atoms with Gasteiger partial charge in [-0.05, 0) is 29.2 Å². The molecule has 1 aliphatic rings. The van der Waals surface area contributed by atoms with Crippen LogP contribution in [0.3, 0.4) is 0 Å². The first kappa shape index (κ1) is 23.2. The van der Waals surface area contributed by atoms with E-state index >= 15 is 0 Å². The Bertz CT molecular complexity index is 933. The van der Waals surface area contributed by atoms with Crippen LogP contribution in [-0.2, 0) is 23.9 Å². The first-order valence-corrected chi connectivity index (χ1v) is 10.2. The molecule has 2 atom stereocenters. The molecule has 0 fully saturated rings. The molecule has 3 N–H and O–H groups in total. The van der Waals surface area contributed by atoms with Crippen LogP contribution in [0.2, 0.25) is 0 Å². The van der Waals surface area contributed by atoms with Crippen molar-refractivity contribution in [1.29, 1.82) is 0 Å². The molecule has 3 rings (SSSR count). The second-order valence-corrected chi connectivity index (χ2v) is 7.33. The van der Waals surface area contributed by atoms with Crippen LogP contribution in [0.25, 0.3) is 11.1 Å². The maximum atomic E-state index is 12.2. The zero-order chi connectivity index (χ0) is 23.1. The number of amides is 2. The summed E-state index contributed by atoms with van der Waals surface area (Å²) in [5.41, 5.74) is 6.57. The van der Waals surface area contributed by atoms with Gasteiger partial charge in [0.05, 0.1) is 0 Å². The molecule has 0 saturated carbocycles. The van der Waals surface area contributed by atoms with E-state index in [4.69, 9.17) is 19.4 Å². The minimum absolute atomic E-state index is 0.0426. The predicted octanol–water partition coefficient (Wildman–Crippen LogP) is 2.45. The topological polar surface area (TPSA) is 123 Å². The lowest BCUT2D eigenvalue weighted by atomic mass is 9.98. The highest BCUT2D eigenvalue weighted by Gasteiger charge is 2.29. The van der Waals surface area contributed by atoms with Gasteiger partial charge in [-0.25, -0.2) is 15.1 Å². The van der Waals surface area contributed by atoms with E-state index in [1.54, 1.807) is 0 Å². The summed E-state index contributed by atoms with van der Waals surface area (Å²) >= 11 is 0. The second-order valence-electron chi connectivity index (χ2n) is 7.33. The van der Waals surface area contributed by atoms with Crippen molar-refractivity contribution in [3.05, 3.63) is 59.7 Å². The number of carboxylic acids is 1. The summed E-state index contributed by atoms with van der Waals surface area (Å²) in [5.74, 6) is -1.90. The molecule has 9 nitrogen and oxygen atoms in total. The number of fused-ring (bicyclic) bond motifs is 3. The van der Waals surface area contributed by atoms with Gasteiger partial charge in [0.15, 0.2) is 6.10 Å². The van der Waals surface area contributed by atoms with Gasteiger partial charge in [0, 0.05) is 26.0 Å². The lowest BCUT2D eigenvalue weighted by Crippen LogP contribution is -2.41. The van der Waals surface area contributed by atoms with E-state index in [2.05, 4.69) is 17.4 Å². The van der Waals surface area contributed by atoms with E-state index in [1.165, 1.54) is 14.0 Å². The number of methoxy groups -OCH3 is 1. The van der Waals surface area contributed by atoms with E-state index in [9.17, 15) is 14.4 Å². The van der Waals surface area contributed by atoms with E-state index in [0.717, 1.165) is 22.3 Å². The molecular weight excluding hydrogens is 416 g/mol. The molecule has 9 heteroatoms. The lowest BCUT2D eigenvalue weighted by molar-refractivity contribution is -0.162. The molecule has 2 aromatic rings. The lowest BCUT2D eigenvalue weighted by Gasteiger charge is -2.17. The van der Waals surface area contributed by atoms with E-state index in [0.29, 0.717) is 0 Å². The monoisotopic (exact) mass is 442 g/mol. The third-order valence-corrected chi connectivity index (χ3v) is 5.28. The summed E-state index contributed by atoms with van der Waals surface area (Å²) in [6.07, 6.45) is -2.57. The number of hydrogen-bond donors (Lipinski definition) is 3. The molecule has 0 aliphatic heterocycles. The van der Waals surface area contributed by atoms with Gasteiger partial charge < -0.3 is 19.9 Å². The molecule has 0 spiro atoms. The van der Waals surface area contributed by atoms with Crippen molar-refractivity contribution in [3.63, 3.8) is 0 Å². The quantitative estimate of drug-likeness (QED) is 0.483. The standard InChI is InChI=1S/C23H26N2O7/c1-14(22(27)28)32-25-21(26)20(30-2)11-12-24-23(29)31-13-19-17-9-5-3-7-15(17)16-8-4-6-10-18(16)19/h3-10,14,19-20H,11-13H2,1-2H3,(H,24,29)(H,25,26)(H,27,28). The number of carbonyl (C=O) groups is 3. The molecule has 0 heterocycles. The minimum Gasteiger partial charge on any atom is -0.479 e. The molecule has 2 amide bonds. The number of alkyl carbamates (subject to hydrolysis) is 1. The number of hydrogen-bond acceptors (Lipinski definition) is 6. The maximum Gasteiger partial charge on any atom is 0.407 e. The first-order valence-electron chi connectivity index (χ1n) is 10.2. The van der Waals surface area contributed by atoms with E-state index < -0.39 is 30.2 Å². The fourth-order valence-corrected chi connectivity index (χ4v) is 3.57. The van der Waals surface area contributed by atoms with Crippen molar-refractivity contribution in [1.82, 2.24) is 10.8 Å². The molecule has 1 aliphatic carbocycles. The molecule has 0 saturated heterocycles. The van der Waals surface area contributed by atoms with Gasteiger partial charge in [0.25, 0.3) is 5.91 Å². The van der Waals surface area contributed by atoms with Crippen molar-refractivity contribution in [2.75, 3.05) is 20.3 Å². The SMILES string of the molecule is COC(CCNC(=O)OCC1c2ccccc2-c2ccccc21)C(=O)NOC(C)C(=O)O. The molecular formula is C23H26N2O7. The number of nitrogens with one attached hydrogen (secondary N) is 2. The highest BCUT2D eigenvalue weighted by atomic mass is 16.7. The number of carboxylic acid groups (broad SMARTS) is 1. The average Bonchev–Trinajstić information content (AvgIpc) is 3.12. The summed E-state index contributed by atoms with van der Waals surface area (Å²) in [6.45, 7) is 1.59. The normalized spacial score (nSPS) is 14.1. The third-order valence-electron chi connectivity index (χ3n) is 5.28. The predicted molar refractivity (Wildman–Crippen MR) is 115 cm³/mol. The second kappa shape index (κ2) is 10.7. The molecule has 32 heavy (non-hydrogen) atoms. The molecule has 2 unspecified atom stereocenters. The van der Waals surface area contributed by atoms with Crippen LogP contribution in [0.5, 0.6) is 0 Å². The molecule has 0 radical (unpaired) electrons.